The number of hydrogen-bond acceptors (Lipinski definition) is 5. The molecule has 0 heterocycles. The van der Waals surface area contributed by atoms with Gasteiger partial charge in [-0.25, -0.2) is 0 Å². The normalized spacial score (nSPS) is 12.6. The monoisotopic (exact) mass is 1230 g/mol. The van der Waals surface area contributed by atoms with E-state index < -0.39 is 6.10 Å². The first-order valence-electron chi connectivity index (χ1n) is 39.1. The molecule has 0 radical (unpaired) electrons. The molecule has 5 heteroatoms. The molecule has 0 saturated carbocycles. The molecule has 0 aromatic rings. The predicted molar refractivity (Wildman–Crippen MR) is 390 cm³/mol. The Labute approximate surface area is 549 Å². The van der Waals surface area contributed by atoms with Gasteiger partial charge in [-0.2, -0.15) is 0 Å². The molecular formula is C83H150O5. The van der Waals surface area contributed by atoms with Crippen LogP contribution in [0.15, 0.2) is 85.1 Å². The Morgan fingerprint density at radius 3 is 0.750 bits per heavy atom. The minimum Gasteiger partial charge on any atom is -0.462 e. The molecule has 0 rings (SSSR count). The highest BCUT2D eigenvalue weighted by Crippen LogP contribution is 2.19. The highest BCUT2D eigenvalue weighted by molar-refractivity contribution is 5.70. The number of allylic oxidation sites excluding steroid dienone is 14. The van der Waals surface area contributed by atoms with Crippen LogP contribution in [0.25, 0.3) is 0 Å². The van der Waals surface area contributed by atoms with E-state index in [0.29, 0.717) is 12.8 Å². The molecule has 0 saturated heterocycles. The van der Waals surface area contributed by atoms with E-state index >= 15 is 0 Å². The summed E-state index contributed by atoms with van der Waals surface area (Å²) in [5.41, 5.74) is 0. The zero-order chi connectivity index (χ0) is 63.3. The van der Waals surface area contributed by atoms with Gasteiger partial charge in [0.15, 0.2) is 6.10 Å². The minimum absolute atomic E-state index is 0.0637. The average Bonchev–Trinajstić information content (AvgIpc) is 3.56. The summed E-state index contributed by atoms with van der Waals surface area (Å²) in [5, 5.41) is 9.72. The zero-order valence-corrected chi connectivity index (χ0v) is 59.0. The van der Waals surface area contributed by atoms with Crippen molar-refractivity contribution in [2.75, 3.05) is 13.2 Å². The Kier molecular flexibility index (Phi) is 75.7. The molecular weight excluding hydrogens is 1080 g/mol. The molecule has 88 heavy (non-hydrogen) atoms. The Morgan fingerprint density at radius 1 is 0.273 bits per heavy atom. The minimum atomic E-state index is -0.776. The van der Waals surface area contributed by atoms with Crippen LogP contribution in [0.4, 0.5) is 0 Å². The van der Waals surface area contributed by atoms with Crippen LogP contribution in [0.3, 0.4) is 0 Å². The summed E-state index contributed by atoms with van der Waals surface area (Å²) >= 11 is 0. The van der Waals surface area contributed by atoms with Crippen molar-refractivity contribution in [3.8, 4) is 0 Å². The Morgan fingerprint density at radius 2 is 0.489 bits per heavy atom. The van der Waals surface area contributed by atoms with Crippen molar-refractivity contribution in [2.24, 2.45) is 0 Å². The van der Waals surface area contributed by atoms with Gasteiger partial charge in [-0.3, -0.25) is 9.59 Å². The standard InChI is InChI=1S/C83H150O5/c1-3-5-7-9-11-13-15-17-19-21-23-25-27-29-31-33-35-37-38-39-40-41-42-43-44-46-47-49-51-53-55-57-59-61-63-65-67-69-71-73-75-77-82(85)87-80-81(79-84)88-83(86)78-76-74-72-70-68-66-64-62-60-58-56-54-52-50-48-45-36-34-32-30-28-26-24-22-20-18-16-14-12-10-8-6-4-2/h6,8,12,14,18,20-21,23-24,26,30,32,36,45,81,84H,3-5,7,9-11,13,15-17,19,22,25,27-29,31,33-35,37-44,46-80H2,1-2H3/b8-6-,14-12-,20-18-,23-21-,26-24-,32-30-,45-36-. The summed E-state index contributed by atoms with van der Waals surface area (Å²) in [6.07, 6.45) is 111. The summed E-state index contributed by atoms with van der Waals surface area (Å²) in [6, 6.07) is 0. The van der Waals surface area contributed by atoms with Crippen molar-refractivity contribution >= 4 is 11.9 Å². The predicted octanol–water partition coefficient (Wildman–Crippen LogP) is 27.6. The van der Waals surface area contributed by atoms with Gasteiger partial charge in [0, 0.05) is 12.8 Å². The SMILES string of the molecule is CC/C=C\C/C=C\C/C=C\C/C=C\C/C=C\C/C=C\CCCCCCCCCCCCCCCCC(=O)OC(CO)COC(=O)CCCCCCCCCCCCCCCCCCCCCCCCCCCCCCC/C=C\CCCCCCCCCC. The highest BCUT2D eigenvalue weighted by atomic mass is 16.6. The Hall–Kier alpha value is -2.92. The van der Waals surface area contributed by atoms with Gasteiger partial charge >= 0.3 is 11.9 Å². The van der Waals surface area contributed by atoms with E-state index in [9.17, 15) is 14.7 Å². The van der Waals surface area contributed by atoms with Crippen LogP contribution < -0.4 is 0 Å². The van der Waals surface area contributed by atoms with Gasteiger partial charge < -0.3 is 14.6 Å². The van der Waals surface area contributed by atoms with Crippen LogP contribution in [0.1, 0.15) is 412 Å². The van der Waals surface area contributed by atoms with E-state index in [4.69, 9.17) is 9.47 Å². The van der Waals surface area contributed by atoms with Crippen molar-refractivity contribution in [3.05, 3.63) is 85.1 Å². The van der Waals surface area contributed by atoms with Crippen LogP contribution in [0, 0.1) is 0 Å². The first-order chi connectivity index (χ1) is 43.6. The molecule has 0 fully saturated rings. The van der Waals surface area contributed by atoms with Crippen molar-refractivity contribution in [3.63, 3.8) is 0 Å². The number of carbonyl (C=O) groups is 2. The number of aliphatic hydroxyl groups excluding tert-OH is 1. The van der Waals surface area contributed by atoms with Gasteiger partial charge in [-0.15, -0.1) is 0 Å². The van der Waals surface area contributed by atoms with Crippen LogP contribution in [0.2, 0.25) is 0 Å². The molecule has 0 amide bonds. The molecule has 1 N–H and O–H groups in total. The number of carbonyl (C=O) groups excluding carboxylic acids is 2. The van der Waals surface area contributed by atoms with Crippen molar-refractivity contribution in [1.29, 1.82) is 0 Å². The average molecular weight is 1230 g/mol. The van der Waals surface area contributed by atoms with E-state index in [1.807, 2.05) is 0 Å². The van der Waals surface area contributed by atoms with Crippen molar-refractivity contribution in [2.45, 2.75) is 418 Å². The van der Waals surface area contributed by atoms with Crippen molar-refractivity contribution in [1.82, 2.24) is 0 Å². The van der Waals surface area contributed by atoms with Crippen LogP contribution in [-0.4, -0.2) is 36.4 Å². The smallest absolute Gasteiger partial charge is 0.306 e. The van der Waals surface area contributed by atoms with E-state index in [2.05, 4.69) is 98.9 Å². The Balaban J connectivity index is 3.39. The van der Waals surface area contributed by atoms with Gasteiger partial charge in [0.2, 0.25) is 0 Å². The largest absolute Gasteiger partial charge is 0.462 e. The summed E-state index contributed by atoms with van der Waals surface area (Å²) in [5.74, 6) is -0.573. The lowest BCUT2D eigenvalue weighted by Gasteiger charge is -2.15. The molecule has 0 aliphatic heterocycles. The summed E-state index contributed by atoms with van der Waals surface area (Å²) in [4.78, 5) is 24.7. The number of rotatable bonds is 73. The zero-order valence-electron chi connectivity index (χ0n) is 59.0. The third-order valence-electron chi connectivity index (χ3n) is 17.7. The maximum Gasteiger partial charge on any atom is 0.306 e. The lowest BCUT2D eigenvalue weighted by molar-refractivity contribution is -0.161. The van der Waals surface area contributed by atoms with Gasteiger partial charge in [-0.05, 0) is 89.9 Å². The molecule has 1 atom stereocenters. The third kappa shape index (κ3) is 75.5. The molecule has 512 valence electrons. The van der Waals surface area contributed by atoms with E-state index in [1.165, 1.54) is 308 Å². The van der Waals surface area contributed by atoms with E-state index in [-0.39, 0.29) is 25.2 Å². The lowest BCUT2D eigenvalue weighted by Crippen LogP contribution is -2.28. The molecule has 0 aliphatic carbocycles. The van der Waals surface area contributed by atoms with Gasteiger partial charge in [0.05, 0.1) is 6.61 Å². The van der Waals surface area contributed by atoms with Gasteiger partial charge in [0.1, 0.15) is 6.61 Å². The second-order valence-electron chi connectivity index (χ2n) is 26.4. The van der Waals surface area contributed by atoms with Crippen LogP contribution in [-0.2, 0) is 19.1 Å². The lowest BCUT2D eigenvalue weighted by atomic mass is 10.0. The fourth-order valence-corrected chi connectivity index (χ4v) is 11.9. The summed E-state index contributed by atoms with van der Waals surface area (Å²) in [6.45, 7) is 4.08. The second-order valence-corrected chi connectivity index (χ2v) is 26.4. The van der Waals surface area contributed by atoms with E-state index in [0.717, 1.165) is 77.0 Å². The number of esters is 2. The van der Waals surface area contributed by atoms with Crippen LogP contribution >= 0.6 is 0 Å². The number of aliphatic hydroxyl groups is 1. The van der Waals surface area contributed by atoms with Crippen LogP contribution in [0.5, 0.6) is 0 Å². The second kappa shape index (κ2) is 78.3. The fourth-order valence-electron chi connectivity index (χ4n) is 11.9. The third-order valence-corrected chi connectivity index (χ3v) is 17.7. The van der Waals surface area contributed by atoms with Gasteiger partial charge in [0.25, 0.3) is 0 Å². The van der Waals surface area contributed by atoms with E-state index in [1.54, 1.807) is 0 Å². The maximum atomic E-state index is 12.4. The van der Waals surface area contributed by atoms with Gasteiger partial charge in [-0.1, -0.05) is 394 Å². The number of unbranched alkanes of at least 4 members (excludes halogenated alkanes) is 51. The Bertz CT molecular complexity index is 1580. The maximum absolute atomic E-state index is 12.4. The molecule has 1 unspecified atom stereocenters. The number of hydrogen-bond donors (Lipinski definition) is 1. The molecule has 0 aromatic heterocycles. The fraction of sp³-hybridized carbons (Fsp3) is 0.807. The number of ether oxygens (including phenoxy) is 2. The molecule has 5 nitrogen and oxygen atoms in total. The molecule has 0 aliphatic rings. The molecule has 0 spiro atoms. The first kappa shape index (κ1) is 85.1. The molecule has 0 aromatic carbocycles. The molecule has 0 bridgehead atoms. The topological polar surface area (TPSA) is 72.8 Å². The van der Waals surface area contributed by atoms with Crippen molar-refractivity contribution < 1.29 is 24.2 Å². The summed E-state index contributed by atoms with van der Waals surface area (Å²) < 4.78 is 10.8. The highest BCUT2D eigenvalue weighted by Gasteiger charge is 2.16. The summed E-state index contributed by atoms with van der Waals surface area (Å²) in [7, 11) is 0. The first-order valence-corrected chi connectivity index (χ1v) is 39.1. The quantitative estimate of drug-likeness (QED) is 0.0373.